The molecule has 0 atom stereocenters. The van der Waals surface area contributed by atoms with Crippen LogP contribution in [0.1, 0.15) is 30.6 Å². The first-order valence-corrected chi connectivity index (χ1v) is 7.61. The molecule has 8 nitrogen and oxygen atoms in total. The highest BCUT2D eigenvalue weighted by Gasteiger charge is 2.15. The van der Waals surface area contributed by atoms with Gasteiger partial charge in [-0.3, -0.25) is 30.0 Å². The fourth-order valence-electron chi connectivity index (χ4n) is 1.57. The fourth-order valence-corrected chi connectivity index (χ4v) is 1.69. The predicted octanol–water partition coefficient (Wildman–Crippen LogP) is 0.132. The van der Waals surface area contributed by atoms with Crippen LogP contribution < -0.4 is 21.5 Å². The second-order valence-electron chi connectivity index (χ2n) is 5.14. The summed E-state index contributed by atoms with van der Waals surface area (Å²) in [6.07, 6.45) is -0.0641. The number of hydrogen-bond acceptors (Lipinski definition) is 4. The molecule has 0 saturated heterocycles. The van der Waals surface area contributed by atoms with Gasteiger partial charge in [-0.15, -0.1) is 0 Å². The van der Waals surface area contributed by atoms with E-state index in [1.54, 1.807) is 38.1 Å². The lowest BCUT2D eigenvalue weighted by Gasteiger charge is -2.10. The molecule has 0 aliphatic rings. The third-order valence-electron chi connectivity index (χ3n) is 2.69. The molecule has 0 heterocycles. The molecule has 4 amide bonds. The minimum absolute atomic E-state index is 0.0641. The Labute approximate surface area is 144 Å². The van der Waals surface area contributed by atoms with Crippen LogP contribution in [0.3, 0.4) is 0 Å². The van der Waals surface area contributed by atoms with Gasteiger partial charge in [0.2, 0.25) is 5.91 Å². The maximum atomic E-state index is 11.8. The van der Waals surface area contributed by atoms with Crippen molar-refractivity contribution in [2.45, 2.75) is 26.3 Å². The van der Waals surface area contributed by atoms with E-state index < -0.39 is 17.7 Å². The Morgan fingerprint density at radius 2 is 1.62 bits per heavy atom. The first-order valence-electron chi connectivity index (χ1n) is 7.23. The van der Waals surface area contributed by atoms with E-state index in [2.05, 4.69) is 16.1 Å². The summed E-state index contributed by atoms with van der Waals surface area (Å²) in [5.74, 6) is -2.71. The van der Waals surface area contributed by atoms with Crippen molar-refractivity contribution in [2.75, 3.05) is 6.54 Å². The Balaban J connectivity index is 2.26. The number of carbonyl (C=O) groups excluding carboxylic acids is 4. The number of hydrogen-bond donors (Lipinski definition) is 4. The third-order valence-corrected chi connectivity index (χ3v) is 2.94. The number of amides is 4. The van der Waals surface area contributed by atoms with Crippen LogP contribution in [0.25, 0.3) is 0 Å². The Bertz CT molecular complexity index is 616. The minimum atomic E-state index is -0.970. The van der Waals surface area contributed by atoms with E-state index in [0.29, 0.717) is 10.6 Å². The van der Waals surface area contributed by atoms with Gasteiger partial charge >= 0.3 is 11.8 Å². The van der Waals surface area contributed by atoms with Crippen molar-refractivity contribution < 1.29 is 19.2 Å². The average Bonchev–Trinajstić information content (AvgIpc) is 2.52. The number of halogens is 1. The van der Waals surface area contributed by atoms with Crippen LogP contribution in [0.4, 0.5) is 0 Å². The molecule has 9 heteroatoms. The highest BCUT2D eigenvalue weighted by molar-refractivity contribution is 6.35. The van der Waals surface area contributed by atoms with Crippen LogP contribution in [0.15, 0.2) is 24.3 Å². The molecule has 1 rings (SSSR count). The summed E-state index contributed by atoms with van der Waals surface area (Å²) in [6, 6.07) is 6.10. The molecule has 24 heavy (non-hydrogen) atoms. The molecule has 0 fully saturated rings. The van der Waals surface area contributed by atoms with Crippen molar-refractivity contribution >= 4 is 35.2 Å². The molecule has 0 aromatic heterocycles. The van der Waals surface area contributed by atoms with E-state index in [4.69, 9.17) is 11.6 Å². The van der Waals surface area contributed by atoms with E-state index in [0.717, 1.165) is 0 Å². The summed E-state index contributed by atoms with van der Waals surface area (Å²) < 4.78 is 0. The summed E-state index contributed by atoms with van der Waals surface area (Å²) in [6.45, 7) is 3.47. The average molecular weight is 355 g/mol. The van der Waals surface area contributed by atoms with Crippen molar-refractivity contribution in [3.63, 3.8) is 0 Å². The molecule has 1 aromatic rings. The molecule has 0 unspecified atom stereocenters. The van der Waals surface area contributed by atoms with Crippen LogP contribution in [0, 0.1) is 0 Å². The minimum Gasteiger partial charge on any atom is -0.352 e. The maximum absolute atomic E-state index is 11.8. The molecule has 130 valence electrons. The first kappa shape index (κ1) is 19.4. The van der Waals surface area contributed by atoms with Crippen LogP contribution in [-0.2, 0) is 14.4 Å². The van der Waals surface area contributed by atoms with E-state index >= 15 is 0 Å². The third kappa shape index (κ3) is 7.10. The van der Waals surface area contributed by atoms with Crippen molar-refractivity contribution in [3.8, 4) is 0 Å². The van der Waals surface area contributed by atoms with Gasteiger partial charge in [0.05, 0.1) is 0 Å². The first-order chi connectivity index (χ1) is 11.3. The lowest BCUT2D eigenvalue weighted by atomic mass is 10.2. The largest absolute Gasteiger partial charge is 0.352 e. The van der Waals surface area contributed by atoms with Gasteiger partial charge < -0.3 is 10.6 Å². The zero-order chi connectivity index (χ0) is 18.1. The Hall–Kier alpha value is -2.61. The number of nitrogens with one attached hydrogen (secondary N) is 4. The lowest BCUT2D eigenvalue weighted by Crippen LogP contribution is -2.50. The summed E-state index contributed by atoms with van der Waals surface area (Å²) in [7, 11) is 0. The molecule has 1 aromatic carbocycles. The predicted molar refractivity (Wildman–Crippen MR) is 88.0 cm³/mol. The zero-order valence-corrected chi connectivity index (χ0v) is 14.1. The second kappa shape index (κ2) is 9.51. The van der Waals surface area contributed by atoms with Crippen LogP contribution in [0.5, 0.6) is 0 Å². The van der Waals surface area contributed by atoms with E-state index in [1.165, 1.54) is 0 Å². The molecule has 0 saturated carbocycles. The fraction of sp³-hybridized carbons (Fsp3) is 0.333. The zero-order valence-electron chi connectivity index (χ0n) is 13.3. The van der Waals surface area contributed by atoms with Gasteiger partial charge in [0.15, 0.2) is 0 Å². The van der Waals surface area contributed by atoms with Gasteiger partial charge in [-0.2, -0.15) is 0 Å². The SMILES string of the molecule is CC(C)NC(=O)C(=O)NNC(=O)CCNC(=O)c1ccc(Cl)cc1. The molecule has 0 bridgehead atoms. The number of hydrazine groups is 1. The van der Waals surface area contributed by atoms with Gasteiger partial charge in [0, 0.05) is 29.6 Å². The monoisotopic (exact) mass is 354 g/mol. The van der Waals surface area contributed by atoms with E-state index in [-0.39, 0.29) is 24.9 Å². The van der Waals surface area contributed by atoms with Crippen molar-refractivity contribution in [1.29, 1.82) is 0 Å². The topological polar surface area (TPSA) is 116 Å². The number of benzene rings is 1. The normalized spacial score (nSPS) is 10.0. The quantitative estimate of drug-likeness (QED) is 0.444. The van der Waals surface area contributed by atoms with Gasteiger partial charge in [0.1, 0.15) is 0 Å². The molecule has 0 aliphatic carbocycles. The van der Waals surface area contributed by atoms with Crippen LogP contribution in [-0.4, -0.2) is 36.2 Å². The van der Waals surface area contributed by atoms with Crippen LogP contribution >= 0.6 is 11.6 Å². The second-order valence-corrected chi connectivity index (χ2v) is 5.58. The Morgan fingerprint density at radius 1 is 1.00 bits per heavy atom. The highest BCUT2D eigenvalue weighted by Crippen LogP contribution is 2.09. The lowest BCUT2D eigenvalue weighted by molar-refractivity contribution is -0.141. The molecule has 0 aliphatic heterocycles. The Kier molecular flexibility index (Phi) is 7.70. The highest BCUT2D eigenvalue weighted by atomic mass is 35.5. The molecule has 0 radical (unpaired) electrons. The van der Waals surface area contributed by atoms with Crippen molar-refractivity contribution in [3.05, 3.63) is 34.9 Å². The van der Waals surface area contributed by atoms with Gasteiger partial charge in [-0.05, 0) is 38.1 Å². The summed E-state index contributed by atoms with van der Waals surface area (Å²) >= 11 is 5.72. The van der Waals surface area contributed by atoms with Gasteiger partial charge in [-0.1, -0.05) is 11.6 Å². The summed E-state index contributed by atoms with van der Waals surface area (Å²) in [5, 5.41) is 5.45. The van der Waals surface area contributed by atoms with Crippen LogP contribution in [0.2, 0.25) is 5.02 Å². The van der Waals surface area contributed by atoms with E-state index in [9.17, 15) is 19.2 Å². The molecular weight excluding hydrogens is 336 g/mol. The maximum Gasteiger partial charge on any atom is 0.327 e. The van der Waals surface area contributed by atoms with Gasteiger partial charge in [-0.25, -0.2) is 0 Å². The molecule has 4 N–H and O–H groups in total. The smallest absolute Gasteiger partial charge is 0.327 e. The Morgan fingerprint density at radius 3 is 2.21 bits per heavy atom. The standard InChI is InChI=1S/C15H19ClN4O4/c1-9(2)18-14(23)15(24)20-19-12(21)7-8-17-13(22)10-3-5-11(16)6-4-10/h3-6,9H,7-8H2,1-2H3,(H,17,22)(H,18,23)(H,19,21)(H,20,24). The number of carbonyl (C=O) groups is 4. The summed E-state index contributed by atoms with van der Waals surface area (Å²) in [5.41, 5.74) is 4.49. The van der Waals surface area contributed by atoms with Crippen molar-refractivity contribution in [1.82, 2.24) is 21.5 Å². The molecule has 0 spiro atoms. The van der Waals surface area contributed by atoms with Gasteiger partial charge in [0.25, 0.3) is 5.91 Å². The number of rotatable bonds is 5. The summed E-state index contributed by atoms with van der Waals surface area (Å²) in [4.78, 5) is 46.0. The van der Waals surface area contributed by atoms with E-state index in [1.807, 2.05) is 5.43 Å². The molecular formula is C15H19ClN4O4. The van der Waals surface area contributed by atoms with Crippen molar-refractivity contribution in [2.24, 2.45) is 0 Å².